The molecule has 0 aliphatic carbocycles. The summed E-state index contributed by atoms with van der Waals surface area (Å²) in [5.74, 6) is -0.444. The summed E-state index contributed by atoms with van der Waals surface area (Å²) in [6.45, 7) is 1.92. The Bertz CT molecular complexity index is 1410. The van der Waals surface area contributed by atoms with Crippen LogP contribution in [0.5, 0.6) is 0 Å². The lowest BCUT2D eigenvalue weighted by atomic mass is 9.99. The van der Waals surface area contributed by atoms with Gasteiger partial charge in [0.25, 0.3) is 11.8 Å². The molecule has 0 atom stereocenters. The van der Waals surface area contributed by atoms with Gasteiger partial charge >= 0.3 is 0 Å². The van der Waals surface area contributed by atoms with Crippen LogP contribution in [0.3, 0.4) is 0 Å². The summed E-state index contributed by atoms with van der Waals surface area (Å²) in [6.07, 6.45) is 4.87. The van der Waals surface area contributed by atoms with Crippen molar-refractivity contribution < 1.29 is 14.8 Å². The normalized spacial score (nSPS) is 14.1. The van der Waals surface area contributed by atoms with Gasteiger partial charge in [-0.2, -0.15) is 0 Å². The molecule has 0 unspecified atom stereocenters. The Morgan fingerprint density at radius 2 is 1.76 bits per heavy atom. The highest BCUT2D eigenvalue weighted by Crippen LogP contribution is 2.36. The maximum Gasteiger partial charge on any atom is 0.269 e. The predicted molar refractivity (Wildman–Crippen MR) is 147 cm³/mol. The molecule has 1 fully saturated rings. The summed E-state index contributed by atoms with van der Waals surface area (Å²) in [4.78, 5) is 34.7. The first kappa shape index (κ1) is 25.0. The molecule has 4 N–H and O–H groups in total. The number of hydrogen-bond acceptors (Lipinski definition) is 8. The highest BCUT2D eigenvalue weighted by Gasteiger charge is 2.25. The standard InChI is InChI=1S/C27H25N5O3S2/c33-22(32-35)11-8-17-6-9-18(10-7-17)21-16-36-27(29-21)31-25(34)24-23(19-4-2-1-3-5-19)30-26(37-24)20-12-14-28-15-13-20/h1-11,16,20,28,35H,12-15H2,(H,32,33)(H,29,31,34). The number of nitrogens with one attached hydrogen (secondary N) is 3. The van der Waals surface area contributed by atoms with Crippen molar-refractivity contribution in [1.29, 1.82) is 0 Å². The van der Waals surface area contributed by atoms with Gasteiger partial charge in [-0.25, -0.2) is 15.4 Å². The number of carbonyl (C=O) groups is 2. The van der Waals surface area contributed by atoms with Gasteiger partial charge in [0, 0.05) is 28.5 Å². The van der Waals surface area contributed by atoms with Crippen molar-refractivity contribution in [3.8, 4) is 22.5 Å². The lowest BCUT2D eigenvalue weighted by molar-refractivity contribution is -0.124. The quantitative estimate of drug-likeness (QED) is 0.149. The van der Waals surface area contributed by atoms with Gasteiger partial charge in [0.1, 0.15) is 4.88 Å². The summed E-state index contributed by atoms with van der Waals surface area (Å²) in [6, 6.07) is 17.3. The minimum Gasteiger partial charge on any atom is -0.317 e. The van der Waals surface area contributed by atoms with Crippen molar-refractivity contribution in [3.05, 3.63) is 81.5 Å². The van der Waals surface area contributed by atoms with E-state index in [1.54, 1.807) is 11.6 Å². The van der Waals surface area contributed by atoms with Crippen molar-refractivity contribution in [2.75, 3.05) is 18.4 Å². The number of aromatic nitrogens is 2. The third-order valence-electron chi connectivity index (χ3n) is 6.05. The second kappa shape index (κ2) is 11.6. The summed E-state index contributed by atoms with van der Waals surface area (Å²) in [5.41, 5.74) is 5.63. The summed E-state index contributed by atoms with van der Waals surface area (Å²) < 4.78 is 0. The van der Waals surface area contributed by atoms with E-state index in [0.29, 0.717) is 21.6 Å². The van der Waals surface area contributed by atoms with E-state index < -0.39 is 5.91 Å². The van der Waals surface area contributed by atoms with Crippen LogP contribution >= 0.6 is 22.7 Å². The minimum absolute atomic E-state index is 0.208. The van der Waals surface area contributed by atoms with Crippen LogP contribution in [0.15, 0.2) is 66.1 Å². The first-order valence-electron chi connectivity index (χ1n) is 11.9. The molecule has 0 bridgehead atoms. The van der Waals surface area contributed by atoms with Crippen LogP contribution in [0.2, 0.25) is 0 Å². The molecule has 2 amide bonds. The number of amides is 2. The number of nitrogens with zero attached hydrogens (tertiary/aromatic N) is 2. The zero-order valence-electron chi connectivity index (χ0n) is 19.8. The van der Waals surface area contributed by atoms with Crippen LogP contribution in [-0.4, -0.2) is 40.1 Å². The van der Waals surface area contributed by atoms with Crippen molar-refractivity contribution >= 4 is 45.7 Å². The molecular weight excluding hydrogens is 506 g/mol. The fourth-order valence-electron chi connectivity index (χ4n) is 4.12. The lowest BCUT2D eigenvalue weighted by Crippen LogP contribution is -2.26. The first-order chi connectivity index (χ1) is 18.1. The Morgan fingerprint density at radius 1 is 1.00 bits per heavy atom. The molecular formula is C27H25N5O3S2. The fourth-order valence-corrected chi connectivity index (χ4v) is 5.98. The second-order valence-electron chi connectivity index (χ2n) is 8.54. The minimum atomic E-state index is -0.594. The molecule has 1 saturated heterocycles. The zero-order valence-corrected chi connectivity index (χ0v) is 21.4. The smallest absolute Gasteiger partial charge is 0.269 e. The van der Waals surface area contributed by atoms with Gasteiger partial charge in [-0.05, 0) is 37.6 Å². The van der Waals surface area contributed by atoms with Gasteiger partial charge in [0.05, 0.1) is 16.4 Å². The molecule has 1 aliphatic rings. The molecule has 188 valence electrons. The molecule has 2 aromatic carbocycles. The van der Waals surface area contributed by atoms with Crippen molar-refractivity contribution in [2.24, 2.45) is 0 Å². The molecule has 0 spiro atoms. The molecule has 37 heavy (non-hydrogen) atoms. The highest BCUT2D eigenvalue weighted by molar-refractivity contribution is 7.15. The third-order valence-corrected chi connectivity index (χ3v) is 8.03. The second-order valence-corrected chi connectivity index (χ2v) is 10.4. The van der Waals surface area contributed by atoms with Gasteiger partial charge < -0.3 is 5.32 Å². The number of rotatable bonds is 7. The number of anilines is 1. The van der Waals surface area contributed by atoms with Gasteiger partial charge in [-0.15, -0.1) is 22.7 Å². The molecule has 2 aromatic heterocycles. The van der Waals surface area contributed by atoms with Crippen molar-refractivity contribution in [2.45, 2.75) is 18.8 Å². The van der Waals surface area contributed by atoms with E-state index in [2.05, 4.69) is 15.6 Å². The largest absolute Gasteiger partial charge is 0.317 e. The van der Waals surface area contributed by atoms with Gasteiger partial charge in [0.15, 0.2) is 5.13 Å². The van der Waals surface area contributed by atoms with E-state index in [1.807, 2.05) is 60.0 Å². The van der Waals surface area contributed by atoms with E-state index in [4.69, 9.17) is 10.2 Å². The number of carbonyl (C=O) groups excluding carboxylic acids is 2. The third kappa shape index (κ3) is 6.00. The van der Waals surface area contributed by atoms with E-state index in [-0.39, 0.29) is 5.91 Å². The van der Waals surface area contributed by atoms with Crippen LogP contribution in [-0.2, 0) is 4.79 Å². The molecule has 1 aliphatic heterocycles. The monoisotopic (exact) mass is 531 g/mol. The molecule has 0 saturated carbocycles. The Morgan fingerprint density at radius 3 is 2.49 bits per heavy atom. The molecule has 5 rings (SSSR count). The van der Waals surface area contributed by atoms with Gasteiger partial charge in [-0.1, -0.05) is 54.6 Å². The number of piperidine rings is 1. The van der Waals surface area contributed by atoms with Gasteiger partial charge in [0.2, 0.25) is 0 Å². The molecule has 8 nitrogen and oxygen atoms in total. The van der Waals surface area contributed by atoms with Crippen LogP contribution in [0.1, 0.15) is 39.0 Å². The maximum atomic E-state index is 13.4. The van der Waals surface area contributed by atoms with E-state index >= 15 is 0 Å². The average Bonchev–Trinajstić information content (AvgIpc) is 3.61. The number of benzene rings is 2. The topological polar surface area (TPSA) is 116 Å². The fraction of sp³-hybridized carbons (Fsp3) is 0.185. The molecule has 3 heterocycles. The Labute approximate surface area is 222 Å². The first-order valence-corrected chi connectivity index (χ1v) is 13.6. The number of hydrogen-bond donors (Lipinski definition) is 4. The molecule has 0 radical (unpaired) electrons. The van der Waals surface area contributed by atoms with Crippen molar-refractivity contribution in [1.82, 2.24) is 20.8 Å². The highest BCUT2D eigenvalue weighted by atomic mass is 32.1. The van der Waals surface area contributed by atoms with Gasteiger partial charge in [-0.3, -0.25) is 20.1 Å². The predicted octanol–water partition coefficient (Wildman–Crippen LogP) is 5.17. The Kier molecular flexibility index (Phi) is 7.81. The van der Waals surface area contributed by atoms with Crippen molar-refractivity contribution in [3.63, 3.8) is 0 Å². The number of thiazole rings is 2. The average molecular weight is 532 g/mol. The van der Waals surface area contributed by atoms with E-state index in [9.17, 15) is 9.59 Å². The summed E-state index contributed by atoms with van der Waals surface area (Å²) in [7, 11) is 0. The van der Waals surface area contributed by atoms with Crippen LogP contribution in [0.4, 0.5) is 5.13 Å². The zero-order chi connectivity index (χ0) is 25.6. The van der Waals surface area contributed by atoms with Crippen LogP contribution in [0, 0.1) is 0 Å². The Hall–Kier alpha value is -3.70. The number of hydroxylamine groups is 1. The van der Waals surface area contributed by atoms with E-state index in [0.717, 1.165) is 53.3 Å². The van der Waals surface area contributed by atoms with E-state index in [1.165, 1.54) is 28.7 Å². The molecule has 10 heteroatoms. The summed E-state index contributed by atoms with van der Waals surface area (Å²) in [5, 5.41) is 18.4. The van der Waals surface area contributed by atoms with Crippen LogP contribution < -0.4 is 16.1 Å². The lowest BCUT2D eigenvalue weighted by Gasteiger charge is -2.20. The molecule has 4 aromatic rings. The SMILES string of the molecule is O=C(C=Cc1ccc(-c2csc(NC(=O)c3sc(C4CCNCC4)nc3-c3ccccc3)n2)cc1)NO. The maximum absolute atomic E-state index is 13.4. The Balaban J connectivity index is 1.34. The van der Waals surface area contributed by atoms with Crippen LogP contribution in [0.25, 0.3) is 28.6 Å². The summed E-state index contributed by atoms with van der Waals surface area (Å²) >= 11 is 2.84.